The minimum atomic E-state index is 0.930. The molecule has 4 rings (SSSR count). The second kappa shape index (κ2) is 7.25. The van der Waals surface area contributed by atoms with Gasteiger partial charge in [-0.25, -0.2) is 0 Å². The zero-order valence-electron chi connectivity index (χ0n) is 15.5. The number of rotatable bonds is 5. The third-order valence-corrected chi connectivity index (χ3v) is 5.08. The molecular formula is C24H24N2. The molecule has 1 aromatic heterocycles. The highest BCUT2D eigenvalue weighted by molar-refractivity contribution is 6.06. The normalized spacial score (nSPS) is 12.8. The summed E-state index contributed by atoms with van der Waals surface area (Å²) in [5.41, 5.74) is 9.95. The van der Waals surface area contributed by atoms with Crippen molar-refractivity contribution in [1.29, 1.82) is 0 Å². The number of aliphatic imine (C=N–C) groups is 1. The number of nitrogens with zero attached hydrogens (tertiary/aromatic N) is 2. The van der Waals surface area contributed by atoms with Crippen molar-refractivity contribution in [3.05, 3.63) is 94.3 Å². The monoisotopic (exact) mass is 340 g/mol. The Labute approximate surface area is 155 Å². The van der Waals surface area contributed by atoms with E-state index in [4.69, 9.17) is 4.99 Å². The standard InChI is InChI=1S/C24H24N2/c1-3-18-8-11-22(25-16-18)12-9-19-7-10-21-15-24(26-23(21)14-19)20-6-4-5-17(2)13-20/h4-8,10-11,13-14,16H,3,9,12,15H2,1-2H3. The van der Waals surface area contributed by atoms with Gasteiger partial charge in [-0.2, -0.15) is 0 Å². The fourth-order valence-corrected chi connectivity index (χ4v) is 3.46. The summed E-state index contributed by atoms with van der Waals surface area (Å²) in [5, 5.41) is 0. The molecule has 0 N–H and O–H groups in total. The van der Waals surface area contributed by atoms with Crippen molar-refractivity contribution in [1.82, 2.24) is 4.98 Å². The molecule has 2 nitrogen and oxygen atoms in total. The molecule has 2 heteroatoms. The summed E-state index contributed by atoms with van der Waals surface area (Å²) < 4.78 is 0. The van der Waals surface area contributed by atoms with E-state index < -0.39 is 0 Å². The van der Waals surface area contributed by atoms with Crippen LogP contribution in [-0.2, 0) is 25.7 Å². The molecule has 3 aromatic rings. The van der Waals surface area contributed by atoms with Crippen LogP contribution in [0.2, 0.25) is 0 Å². The van der Waals surface area contributed by atoms with E-state index in [9.17, 15) is 0 Å². The van der Waals surface area contributed by atoms with E-state index in [1.165, 1.54) is 33.5 Å². The first-order chi connectivity index (χ1) is 12.7. The Morgan fingerprint density at radius 2 is 1.81 bits per heavy atom. The zero-order valence-corrected chi connectivity index (χ0v) is 15.5. The Kier molecular flexibility index (Phi) is 4.66. The van der Waals surface area contributed by atoms with E-state index in [0.717, 1.165) is 37.1 Å². The molecule has 2 aromatic carbocycles. The van der Waals surface area contributed by atoms with Gasteiger partial charge in [0.15, 0.2) is 0 Å². The van der Waals surface area contributed by atoms with Gasteiger partial charge < -0.3 is 0 Å². The van der Waals surface area contributed by atoms with Crippen LogP contribution in [0.5, 0.6) is 0 Å². The summed E-state index contributed by atoms with van der Waals surface area (Å²) in [4.78, 5) is 9.47. The maximum Gasteiger partial charge on any atom is 0.0672 e. The fourth-order valence-electron chi connectivity index (χ4n) is 3.46. The number of fused-ring (bicyclic) bond motifs is 1. The zero-order chi connectivity index (χ0) is 17.9. The van der Waals surface area contributed by atoms with E-state index in [0.29, 0.717) is 0 Å². The second-order valence-corrected chi connectivity index (χ2v) is 7.08. The second-order valence-electron chi connectivity index (χ2n) is 7.08. The van der Waals surface area contributed by atoms with Gasteiger partial charge in [-0.1, -0.05) is 55.0 Å². The van der Waals surface area contributed by atoms with Crippen molar-refractivity contribution in [2.24, 2.45) is 4.99 Å². The van der Waals surface area contributed by atoms with Gasteiger partial charge in [0, 0.05) is 18.3 Å². The summed E-state index contributed by atoms with van der Waals surface area (Å²) in [6.07, 6.45) is 5.94. The summed E-state index contributed by atoms with van der Waals surface area (Å²) in [5.74, 6) is 0. The molecule has 0 bridgehead atoms. The SMILES string of the molecule is CCc1ccc(CCc2ccc3c(c2)N=C(c2cccc(C)c2)C3)nc1. The van der Waals surface area contributed by atoms with Crippen LogP contribution in [0, 0.1) is 6.92 Å². The van der Waals surface area contributed by atoms with Gasteiger partial charge in [0.2, 0.25) is 0 Å². The first kappa shape index (κ1) is 16.7. The molecule has 0 unspecified atom stereocenters. The summed E-state index contributed by atoms with van der Waals surface area (Å²) in [7, 11) is 0. The van der Waals surface area contributed by atoms with Crippen molar-refractivity contribution in [2.75, 3.05) is 0 Å². The molecule has 0 fully saturated rings. The van der Waals surface area contributed by atoms with Gasteiger partial charge in [-0.05, 0) is 60.6 Å². The van der Waals surface area contributed by atoms with Gasteiger partial charge in [0.25, 0.3) is 0 Å². The van der Waals surface area contributed by atoms with E-state index in [1.807, 2.05) is 6.20 Å². The van der Waals surface area contributed by atoms with Crippen molar-refractivity contribution in [3.8, 4) is 0 Å². The molecule has 0 aliphatic carbocycles. The maximum absolute atomic E-state index is 4.90. The predicted molar refractivity (Wildman–Crippen MR) is 109 cm³/mol. The Bertz CT molecular complexity index is 952. The smallest absolute Gasteiger partial charge is 0.0672 e. The average molecular weight is 340 g/mol. The lowest BCUT2D eigenvalue weighted by atomic mass is 10.0. The number of pyridine rings is 1. The van der Waals surface area contributed by atoms with Crippen LogP contribution < -0.4 is 0 Å². The Morgan fingerprint density at radius 1 is 0.923 bits per heavy atom. The molecule has 1 aliphatic heterocycles. The van der Waals surface area contributed by atoms with Crippen LogP contribution in [0.1, 0.15) is 40.4 Å². The number of hydrogen-bond acceptors (Lipinski definition) is 2. The van der Waals surface area contributed by atoms with E-state index >= 15 is 0 Å². The topological polar surface area (TPSA) is 25.2 Å². The molecular weight excluding hydrogens is 316 g/mol. The Balaban J connectivity index is 1.48. The molecule has 2 heterocycles. The molecule has 0 amide bonds. The number of benzene rings is 2. The molecule has 130 valence electrons. The molecule has 0 spiro atoms. The summed E-state index contributed by atoms with van der Waals surface area (Å²) in [6, 6.07) is 19.7. The van der Waals surface area contributed by atoms with E-state index in [2.05, 4.69) is 73.4 Å². The van der Waals surface area contributed by atoms with Gasteiger partial charge >= 0.3 is 0 Å². The Hall–Kier alpha value is -2.74. The van der Waals surface area contributed by atoms with Crippen LogP contribution in [-0.4, -0.2) is 10.7 Å². The largest absolute Gasteiger partial charge is 0.261 e. The first-order valence-corrected chi connectivity index (χ1v) is 9.41. The van der Waals surface area contributed by atoms with Gasteiger partial charge in [0.05, 0.1) is 11.4 Å². The van der Waals surface area contributed by atoms with Crippen LogP contribution >= 0.6 is 0 Å². The van der Waals surface area contributed by atoms with Gasteiger partial charge in [-0.3, -0.25) is 9.98 Å². The maximum atomic E-state index is 4.90. The minimum Gasteiger partial charge on any atom is -0.261 e. The van der Waals surface area contributed by atoms with Gasteiger partial charge in [-0.15, -0.1) is 0 Å². The van der Waals surface area contributed by atoms with E-state index in [1.54, 1.807) is 0 Å². The van der Waals surface area contributed by atoms with Crippen molar-refractivity contribution in [2.45, 2.75) is 39.5 Å². The molecule has 0 radical (unpaired) electrons. The summed E-state index contributed by atoms with van der Waals surface area (Å²) >= 11 is 0. The predicted octanol–water partition coefficient (Wildman–Crippen LogP) is 5.41. The average Bonchev–Trinajstić information content (AvgIpc) is 3.10. The van der Waals surface area contributed by atoms with Crippen molar-refractivity contribution in [3.63, 3.8) is 0 Å². The highest BCUT2D eigenvalue weighted by Crippen LogP contribution is 2.30. The lowest BCUT2D eigenvalue weighted by Crippen LogP contribution is -2.00. The lowest BCUT2D eigenvalue weighted by Gasteiger charge is -2.05. The van der Waals surface area contributed by atoms with Crippen LogP contribution in [0.4, 0.5) is 5.69 Å². The molecule has 0 atom stereocenters. The molecule has 1 aliphatic rings. The number of aryl methyl sites for hydroxylation is 4. The van der Waals surface area contributed by atoms with Crippen LogP contribution in [0.15, 0.2) is 65.8 Å². The highest BCUT2D eigenvalue weighted by atomic mass is 14.8. The lowest BCUT2D eigenvalue weighted by molar-refractivity contribution is 0.906. The summed E-state index contributed by atoms with van der Waals surface area (Å²) in [6.45, 7) is 4.29. The number of hydrogen-bond donors (Lipinski definition) is 0. The van der Waals surface area contributed by atoms with Crippen molar-refractivity contribution < 1.29 is 0 Å². The molecule has 0 saturated heterocycles. The first-order valence-electron chi connectivity index (χ1n) is 9.41. The quantitative estimate of drug-likeness (QED) is 0.609. The van der Waals surface area contributed by atoms with Crippen LogP contribution in [0.25, 0.3) is 0 Å². The van der Waals surface area contributed by atoms with E-state index in [-0.39, 0.29) is 0 Å². The molecule has 0 saturated carbocycles. The third kappa shape index (κ3) is 3.60. The fraction of sp³-hybridized carbons (Fsp3) is 0.250. The van der Waals surface area contributed by atoms with Crippen LogP contribution in [0.3, 0.4) is 0 Å². The number of aromatic nitrogens is 1. The highest BCUT2D eigenvalue weighted by Gasteiger charge is 2.16. The van der Waals surface area contributed by atoms with Crippen molar-refractivity contribution >= 4 is 11.4 Å². The minimum absolute atomic E-state index is 0.930. The molecule has 26 heavy (non-hydrogen) atoms. The Morgan fingerprint density at radius 3 is 2.58 bits per heavy atom. The third-order valence-electron chi connectivity index (χ3n) is 5.08. The van der Waals surface area contributed by atoms with Gasteiger partial charge in [0.1, 0.15) is 0 Å².